The molecule has 0 aliphatic heterocycles. The van der Waals surface area contributed by atoms with Crippen molar-refractivity contribution in [3.63, 3.8) is 0 Å². The zero-order chi connectivity index (χ0) is 10.7. The van der Waals surface area contributed by atoms with Gasteiger partial charge in [0, 0.05) is 10.9 Å². The van der Waals surface area contributed by atoms with Gasteiger partial charge in [-0.3, -0.25) is 4.79 Å². The SMILES string of the molecule is O=C(O)CCc1cc(Cl)c(Br)cc1F. The van der Waals surface area contributed by atoms with E-state index in [0.29, 0.717) is 15.1 Å². The van der Waals surface area contributed by atoms with Gasteiger partial charge in [0.1, 0.15) is 5.82 Å². The Hall–Kier alpha value is -0.610. The lowest BCUT2D eigenvalue weighted by Crippen LogP contribution is -1.99. The van der Waals surface area contributed by atoms with Crippen LogP contribution in [0.15, 0.2) is 16.6 Å². The first-order valence-electron chi connectivity index (χ1n) is 3.86. The van der Waals surface area contributed by atoms with E-state index in [4.69, 9.17) is 16.7 Å². The van der Waals surface area contributed by atoms with Crippen LogP contribution in [0.5, 0.6) is 0 Å². The minimum Gasteiger partial charge on any atom is -0.481 e. The molecule has 0 aliphatic carbocycles. The molecule has 1 aromatic rings. The maximum atomic E-state index is 13.2. The summed E-state index contributed by atoms with van der Waals surface area (Å²) in [6.45, 7) is 0. The average molecular weight is 282 g/mol. The number of carboxylic acid groups (broad SMARTS) is 1. The molecule has 0 aromatic heterocycles. The molecule has 76 valence electrons. The van der Waals surface area contributed by atoms with E-state index in [1.54, 1.807) is 0 Å². The largest absolute Gasteiger partial charge is 0.481 e. The molecular formula is C9H7BrClFO2. The lowest BCUT2D eigenvalue weighted by molar-refractivity contribution is -0.136. The lowest BCUT2D eigenvalue weighted by Gasteiger charge is -2.03. The molecule has 0 aliphatic rings. The van der Waals surface area contributed by atoms with Gasteiger partial charge in [0.05, 0.1) is 5.02 Å². The molecule has 0 fully saturated rings. The fraction of sp³-hybridized carbons (Fsp3) is 0.222. The van der Waals surface area contributed by atoms with Crippen molar-refractivity contribution in [3.05, 3.63) is 33.0 Å². The van der Waals surface area contributed by atoms with E-state index >= 15 is 0 Å². The van der Waals surface area contributed by atoms with Crippen molar-refractivity contribution in [1.82, 2.24) is 0 Å². The summed E-state index contributed by atoms with van der Waals surface area (Å²) in [5.74, 6) is -1.40. The first-order chi connectivity index (χ1) is 6.50. The molecule has 14 heavy (non-hydrogen) atoms. The van der Waals surface area contributed by atoms with Crippen molar-refractivity contribution in [3.8, 4) is 0 Å². The normalized spacial score (nSPS) is 10.2. The molecule has 0 saturated heterocycles. The third kappa shape index (κ3) is 2.96. The van der Waals surface area contributed by atoms with Gasteiger partial charge in [0.15, 0.2) is 0 Å². The van der Waals surface area contributed by atoms with Gasteiger partial charge >= 0.3 is 5.97 Å². The van der Waals surface area contributed by atoms with Crippen molar-refractivity contribution in [2.75, 3.05) is 0 Å². The molecule has 0 amide bonds. The van der Waals surface area contributed by atoms with Crippen molar-refractivity contribution >= 4 is 33.5 Å². The van der Waals surface area contributed by atoms with Crippen LogP contribution in [0.4, 0.5) is 4.39 Å². The van der Waals surface area contributed by atoms with E-state index < -0.39 is 11.8 Å². The third-order valence-corrected chi connectivity index (χ3v) is 2.89. The van der Waals surface area contributed by atoms with Crippen LogP contribution in [0.25, 0.3) is 0 Å². The van der Waals surface area contributed by atoms with Crippen LogP contribution in [-0.4, -0.2) is 11.1 Å². The summed E-state index contributed by atoms with van der Waals surface area (Å²) in [6, 6.07) is 2.67. The van der Waals surface area contributed by atoms with Crippen LogP contribution < -0.4 is 0 Å². The first kappa shape index (κ1) is 11.5. The van der Waals surface area contributed by atoms with Gasteiger partial charge in [-0.2, -0.15) is 0 Å². The summed E-state index contributed by atoms with van der Waals surface area (Å²) in [7, 11) is 0. The second kappa shape index (κ2) is 4.75. The molecule has 5 heteroatoms. The van der Waals surface area contributed by atoms with Crippen LogP contribution in [-0.2, 0) is 11.2 Å². The quantitative estimate of drug-likeness (QED) is 0.864. The highest BCUT2D eigenvalue weighted by molar-refractivity contribution is 9.10. The third-order valence-electron chi connectivity index (χ3n) is 1.70. The maximum Gasteiger partial charge on any atom is 0.303 e. The number of hydrogen-bond acceptors (Lipinski definition) is 1. The molecule has 0 spiro atoms. The number of aliphatic carboxylic acids is 1. The Morgan fingerprint density at radius 1 is 1.57 bits per heavy atom. The molecule has 1 N–H and O–H groups in total. The van der Waals surface area contributed by atoms with Gasteiger partial charge < -0.3 is 5.11 Å². The molecule has 0 unspecified atom stereocenters. The highest BCUT2D eigenvalue weighted by atomic mass is 79.9. The number of rotatable bonds is 3. The smallest absolute Gasteiger partial charge is 0.303 e. The molecule has 0 saturated carbocycles. The number of aryl methyl sites for hydroxylation is 1. The molecule has 0 atom stereocenters. The van der Waals surface area contributed by atoms with Crippen LogP contribution in [0.3, 0.4) is 0 Å². The van der Waals surface area contributed by atoms with Crippen LogP contribution >= 0.6 is 27.5 Å². The average Bonchev–Trinajstić information content (AvgIpc) is 2.09. The molecule has 0 bridgehead atoms. The monoisotopic (exact) mass is 280 g/mol. The summed E-state index contributed by atoms with van der Waals surface area (Å²) >= 11 is 8.81. The summed E-state index contributed by atoms with van der Waals surface area (Å²) < 4.78 is 13.7. The van der Waals surface area contributed by atoms with E-state index in [2.05, 4.69) is 15.9 Å². The van der Waals surface area contributed by atoms with Gasteiger partial charge in [-0.15, -0.1) is 0 Å². The molecule has 1 aromatic carbocycles. The summed E-state index contributed by atoms with van der Waals surface area (Å²) in [4.78, 5) is 10.3. The number of carbonyl (C=O) groups is 1. The topological polar surface area (TPSA) is 37.3 Å². The Kier molecular flexibility index (Phi) is 3.89. The minimum atomic E-state index is -0.955. The molecule has 0 heterocycles. The Bertz CT molecular complexity index is 368. The van der Waals surface area contributed by atoms with Crippen molar-refractivity contribution in [1.29, 1.82) is 0 Å². The van der Waals surface area contributed by atoms with Gasteiger partial charge in [-0.25, -0.2) is 4.39 Å². The maximum absolute atomic E-state index is 13.2. The van der Waals surface area contributed by atoms with E-state index in [1.165, 1.54) is 12.1 Å². The number of carboxylic acids is 1. The summed E-state index contributed by atoms with van der Waals surface area (Å²) in [5, 5.41) is 8.81. The Morgan fingerprint density at radius 2 is 2.21 bits per heavy atom. The Morgan fingerprint density at radius 3 is 2.79 bits per heavy atom. The lowest BCUT2D eigenvalue weighted by atomic mass is 10.1. The highest BCUT2D eigenvalue weighted by Gasteiger charge is 2.08. The summed E-state index contributed by atoms with van der Waals surface area (Å²) in [6.07, 6.45) is 0.0447. The van der Waals surface area contributed by atoms with Crippen molar-refractivity contribution in [2.24, 2.45) is 0 Å². The standard InChI is InChI=1S/C9H7BrClFO2/c10-6-4-8(12)5(3-7(6)11)1-2-9(13)14/h3-4H,1-2H2,(H,13,14). The molecule has 2 nitrogen and oxygen atoms in total. The van der Waals surface area contributed by atoms with Crippen LogP contribution in [0.2, 0.25) is 5.02 Å². The van der Waals surface area contributed by atoms with Gasteiger partial charge in [0.2, 0.25) is 0 Å². The van der Waals surface area contributed by atoms with Gasteiger partial charge in [0.25, 0.3) is 0 Å². The second-order valence-corrected chi connectivity index (χ2v) is 4.01. The summed E-state index contributed by atoms with van der Waals surface area (Å²) in [5.41, 5.74) is 0.320. The Balaban J connectivity index is 2.87. The zero-order valence-electron chi connectivity index (χ0n) is 7.06. The predicted molar refractivity (Wildman–Crippen MR) is 55.1 cm³/mol. The minimum absolute atomic E-state index is 0.102. The molecule has 0 radical (unpaired) electrons. The highest BCUT2D eigenvalue weighted by Crippen LogP contribution is 2.26. The number of hydrogen-bond donors (Lipinski definition) is 1. The fourth-order valence-corrected chi connectivity index (χ4v) is 1.50. The predicted octanol–water partition coefficient (Wildman–Crippen LogP) is 3.26. The van der Waals surface area contributed by atoms with Crippen LogP contribution in [0, 0.1) is 5.82 Å². The van der Waals surface area contributed by atoms with Crippen molar-refractivity contribution in [2.45, 2.75) is 12.8 Å². The Labute approximate surface area is 93.8 Å². The van der Waals surface area contributed by atoms with Crippen molar-refractivity contribution < 1.29 is 14.3 Å². The number of halogens is 3. The fourth-order valence-electron chi connectivity index (χ4n) is 0.997. The molecule has 1 rings (SSSR count). The van der Waals surface area contributed by atoms with E-state index in [0.717, 1.165) is 0 Å². The first-order valence-corrected chi connectivity index (χ1v) is 5.03. The van der Waals surface area contributed by atoms with Crippen LogP contribution in [0.1, 0.15) is 12.0 Å². The van der Waals surface area contributed by atoms with Gasteiger partial charge in [-0.05, 0) is 40.0 Å². The molecular weight excluding hydrogens is 274 g/mol. The zero-order valence-corrected chi connectivity index (χ0v) is 9.40. The second-order valence-electron chi connectivity index (χ2n) is 2.75. The number of benzene rings is 1. The van der Waals surface area contributed by atoms with E-state index in [9.17, 15) is 9.18 Å². The van der Waals surface area contributed by atoms with E-state index in [-0.39, 0.29) is 12.8 Å². The van der Waals surface area contributed by atoms with E-state index in [1.807, 2.05) is 0 Å². The van der Waals surface area contributed by atoms with Gasteiger partial charge in [-0.1, -0.05) is 11.6 Å².